The van der Waals surface area contributed by atoms with Crippen molar-refractivity contribution >= 4 is 16.9 Å². The highest BCUT2D eigenvalue weighted by Crippen LogP contribution is 2.34. The highest BCUT2D eigenvalue weighted by molar-refractivity contribution is 5.83. The van der Waals surface area contributed by atoms with Crippen LogP contribution in [-0.4, -0.2) is 18.2 Å². The quantitative estimate of drug-likeness (QED) is 0.501. The van der Waals surface area contributed by atoms with Crippen LogP contribution in [0.5, 0.6) is 11.5 Å². The first-order valence-corrected chi connectivity index (χ1v) is 9.76. The number of carbonyl (C=O) groups excluding carboxylic acids is 1. The van der Waals surface area contributed by atoms with E-state index in [9.17, 15) is 9.59 Å². The fourth-order valence-electron chi connectivity index (χ4n) is 4.02. The van der Waals surface area contributed by atoms with Gasteiger partial charge in [-0.2, -0.15) is 0 Å². The predicted molar refractivity (Wildman–Crippen MR) is 105 cm³/mol. The highest BCUT2D eigenvalue weighted by atomic mass is 16.6. The topological polar surface area (TPSA) is 75.0 Å². The van der Waals surface area contributed by atoms with Crippen LogP contribution in [-0.2, 0) is 29.0 Å². The molecular formula is C23H20O6. The third-order valence-corrected chi connectivity index (χ3v) is 5.49. The van der Waals surface area contributed by atoms with Crippen molar-refractivity contribution < 1.29 is 23.4 Å². The second kappa shape index (κ2) is 6.95. The first-order chi connectivity index (χ1) is 14.1. The molecule has 0 bridgehead atoms. The van der Waals surface area contributed by atoms with Gasteiger partial charge in [-0.3, -0.25) is 0 Å². The van der Waals surface area contributed by atoms with E-state index in [0.29, 0.717) is 22.6 Å². The van der Waals surface area contributed by atoms with Gasteiger partial charge in [0.15, 0.2) is 11.5 Å². The van der Waals surface area contributed by atoms with Crippen molar-refractivity contribution in [3.8, 4) is 11.5 Å². The summed E-state index contributed by atoms with van der Waals surface area (Å²) in [5, 5.41) is 0.803. The van der Waals surface area contributed by atoms with Crippen molar-refractivity contribution in [1.82, 2.24) is 0 Å². The largest absolute Gasteiger partial charge is 0.482 e. The van der Waals surface area contributed by atoms with Gasteiger partial charge in [0.05, 0.1) is 0 Å². The zero-order valence-corrected chi connectivity index (χ0v) is 16.0. The van der Waals surface area contributed by atoms with Crippen molar-refractivity contribution in [2.24, 2.45) is 0 Å². The molecule has 6 nitrogen and oxygen atoms in total. The van der Waals surface area contributed by atoms with Crippen LogP contribution < -0.4 is 15.1 Å². The zero-order valence-electron chi connectivity index (χ0n) is 16.0. The average Bonchev–Trinajstić information content (AvgIpc) is 3.17. The summed E-state index contributed by atoms with van der Waals surface area (Å²) in [6.07, 6.45) is 1.73. The van der Waals surface area contributed by atoms with Gasteiger partial charge in [0.2, 0.25) is 6.10 Å². The van der Waals surface area contributed by atoms with Crippen LogP contribution in [0, 0.1) is 0 Å². The van der Waals surface area contributed by atoms with Gasteiger partial charge in [-0.15, -0.1) is 0 Å². The Hall–Kier alpha value is -3.28. The maximum Gasteiger partial charge on any atom is 0.351 e. The van der Waals surface area contributed by atoms with Crippen LogP contribution in [0.25, 0.3) is 11.0 Å². The summed E-state index contributed by atoms with van der Waals surface area (Å²) >= 11 is 0. The SMILES string of the molecule is C[C@@H]1Oc2ccccc2O[C@H]1C(=O)OCc1cc(=O)oc2cc3c(cc12)CCC3. The van der Waals surface area contributed by atoms with Gasteiger partial charge in [-0.05, 0) is 61.6 Å². The van der Waals surface area contributed by atoms with E-state index in [-0.39, 0.29) is 6.61 Å². The van der Waals surface area contributed by atoms with Crippen molar-refractivity contribution in [2.45, 2.75) is 45.0 Å². The molecule has 1 aliphatic carbocycles. The number of rotatable bonds is 3. The molecule has 2 aliphatic rings. The van der Waals surface area contributed by atoms with Gasteiger partial charge < -0.3 is 18.6 Å². The first-order valence-electron chi connectivity index (χ1n) is 9.76. The molecule has 1 aliphatic heterocycles. The molecule has 6 heteroatoms. The summed E-state index contributed by atoms with van der Waals surface area (Å²) in [4.78, 5) is 24.7. The number of hydrogen-bond donors (Lipinski definition) is 0. The molecule has 1 aromatic heterocycles. The zero-order chi connectivity index (χ0) is 20.0. The normalized spacial score (nSPS) is 19.8. The minimum atomic E-state index is -0.875. The Morgan fingerprint density at radius 2 is 1.79 bits per heavy atom. The van der Waals surface area contributed by atoms with Crippen LogP contribution in [0.2, 0.25) is 0 Å². The van der Waals surface area contributed by atoms with E-state index < -0.39 is 23.8 Å². The highest BCUT2D eigenvalue weighted by Gasteiger charge is 2.35. The Kier molecular flexibility index (Phi) is 4.27. The second-order valence-electron chi connectivity index (χ2n) is 7.48. The van der Waals surface area contributed by atoms with E-state index >= 15 is 0 Å². The Bertz CT molecular complexity index is 1160. The van der Waals surface area contributed by atoms with Crippen LogP contribution in [0.3, 0.4) is 0 Å². The molecule has 0 amide bonds. The lowest BCUT2D eigenvalue weighted by Crippen LogP contribution is -2.44. The number of esters is 1. The smallest absolute Gasteiger partial charge is 0.351 e. The third-order valence-electron chi connectivity index (χ3n) is 5.49. The fraction of sp³-hybridized carbons (Fsp3) is 0.304. The summed E-state index contributed by atoms with van der Waals surface area (Å²) in [5.41, 5.74) is 3.18. The van der Waals surface area contributed by atoms with E-state index in [1.165, 1.54) is 17.2 Å². The molecule has 0 spiro atoms. The van der Waals surface area contributed by atoms with Crippen LogP contribution >= 0.6 is 0 Å². The number of fused-ring (bicyclic) bond motifs is 3. The van der Waals surface area contributed by atoms with Gasteiger partial charge in [-0.25, -0.2) is 9.59 Å². The van der Waals surface area contributed by atoms with Gasteiger partial charge in [-0.1, -0.05) is 12.1 Å². The molecular weight excluding hydrogens is 372 g/mol. The molecule has 0 fully saturated rings. The summed E-state index contributed by atoms with van der Waals surface area (Å²) in [6.45, 7) is 1.73. The molecule has 3 aromatic rings. The predicted octanol–water partition coefficient (Wildman–Crippen LogP) is 3.55. The summed E-state index contributed by atoms with van der Waals surface area (Å²) in [7, 11) is 0. The number of hydrogen-bond acceptors (Lipinski definition) is 6. The molecule has 0 N–H and O–H groups in total. The summed E-state index contributed by atoms with van der Waals surface area (Å²) in [6, 6.07) is 12.6. The molecule has 0 unspecified atom stereocenters. The molecule has 29 heavy (non-hydrogen) atoms. The van der Waals surface area contributed by atoms with Crippen molar-refractivity contribution in [3.05, 3.63) is 69.6 Å². The first kappa shape index (κ1) is 17.8. The Balaban J connectivity index is 1.38. The molecule has 2 atom stereocenters. The summed E-state index contributed by atoms with van der Waals surface area (Å²) < 4.78 is 22.4. The lowest BCUT2D eigenvalue weighted by molar-refractivity contribution is -0.159. The second-order valence-corrected chi connectivity index (χ2v) is 7.48. The maximum absolute atomic E-state index is 12.7. The molecule has 0 radical (unpaired) electrons. The monoisotopic (exact) mass is 392 g/mol. The van der Waals surface area contributed by atoms with Crippen molar-refractivity contribution in [2.75, 3.05) is 0 Å². The molecule has 0 saturated carbocycles. The molecule has 2 aromatic carbocycles. The number of ether oxygens (including phenoxy) is 3. The lowest BCUT2D eigenvalue weighted by atomic mass is 10.0. The van der Waals surface area contributed by atoms with Gasteiger partial charge in [0.25, 0.3) is 0 Å². The molecule has 148 valence electrons. The van der Waals surface area contributed by atoms with E-state index in [1.807, 2.05) is 24.3 Å². The van der Waals surface area contributed by atoms with Crippen molar-refractivity contribution in [3.63, 3.8) is 0 Å². The Morgan fingerprint density at radius 1 is 1.07 bits per heavy atom. The number of para-hydroxylation sites is 2. The van der Waals surface area contributed by atoms with Crippen LogP contribution in [0.15, 0.2) is 51.7 Å². The lowest BCUT2D eigenvalue weighted by Gasteiger charge is -2.30. The van der Waals surface area contributed by atoms with Crippen LogP contribution in [0.1, 0.15) is 30.0 Å². The minimum absolute atomic E-state index is 0.0338. The Labute approximate surface area is 167 Å². The fourth-order valence-corrected chi connectivity index (χ4v) is 4.02. The third kappa shape index (κ3) is 3.24. The maximum atomic E-state index is 12.7. The van der Waals surface area contributed by atoms with Crippen LogP contribution in [0.4, 0.5) is 0 Å². The van der Waals surface area contributed by atoms with Gasteiger partial charge in [0, 0.05) is 17.0 Å². The number of carbonyl (C=O) groups is 1. The minimum Gasteiger partial charge on any atom is -0.482 e. The van der Waals surface area contributed by atoms with E-state index in [4.69, 9.17) is 18.6 Å². The average molecular weight is 392 g/mol. The molecule has 2 heterocycles. The summed E-state index contributed by atoms with van der Waals surface area (Å²) in [5.74, 6) is 0.577. The van der Waals surface area contributed by atoms with Gasteiger partial charge in [0.1, 0.15) is 18.3 Å². The van der Waals surface area contributed by atoms with E-state index in [0.717, 1.165) is 24.6 Å². The van der Waals surface area contributed by atoms with E-state index in [2.05, 4.69) is 0 Å². The number of aryl methyl sites for hydroxylation is 2. The Morgan fingerprint density at radius 3 is 2.59 bits per heavy atom. The van der Waals surface area contributed by atoms with Crippen molar-refractivity contribution in [1.29, 1.82) is 0 Å². The molecule has 5 rings (SSSR count). The number of benzene rings is 2. The molecule has 0 saturated heterocycles. The van der Waals surface area contributed by atoms with Gasteiger partial charge >= 0.3 is 11.6 Å². The van der Waals surface area contributed by atoms with E-state index in [1.54, 1.807) is 19.1 Å². The standard InChI is InChI=1S/C23H20O6/c1-13-22(29-19-8-3-2-7-18(19)27-13)23(25)26-12-16-11-21(24)28-20-10-15-6-4-5-14(15)9-17(16)20/h2-3,7-11,13,22H,4-6,12H2,1H3/t13-,22+/m0/s1.